The summed E-state index contributed by atoms with van der Waals surface area (Å²) in [5.41, 5.74) is 4.65. The minimum absolute atomic E-state index is 0.139. The number of carbonyl (C=O) groups is 1. The lowest BCUT2D eigenvalue weighted by Crippen LogP contribution is -2.20. The van der Waals surface area contributed by atoms with E-state index < -0.39 is 17.6 Å². The molecule has 0 spiro atoms. The van der Waals surface area contributed by atoms with E-state index in [1.807, 2.05) is 13.8 Å². The summed E-state index contributed by atoms with van der Waals surface area (Å²) < 4.78 is 42.6. The van der Waals surface area contributed by atoms with Crippen LogP contribution in [-0.4, -0.2) is 19.1 Å². The van der Waals surface area contributed by atoms with E-state index in [9.17, 15) is 18.0 Å². The third-order valence-corrected chi connectivity index (χ3v) is 2.73. The van der Waals surface area contributed by atoms with E-state index in [4.69, 9.17) is 10.5 Å². The third-order valence-electron chi connectivity index (χ3n) is 2.73. The fourth-order valence-electron chi connectivity index (χ4n) is 1.52. The van der Waals surface area contributed by atoms with Crippen LogP contribution in [0, 0.1) is 5.92 Å². The molecule has 0 aliphatic carbocycles. The van der Waals surface area contributed by atoms with Crippen molar-refractivity contribution in [1.82, 2.24) is 0 Å². The van der Waals surface area contributed by atoms with Gasteiger partial charge in [-0.1, -0.05) is 13.8 Å². The maximum Gasteiger partial charge on any atom is 0.416 e. The van der Waals surface area contributed by atoms with Crippen LogP contribution in [0.3, 0.4) is 0 Å². The van der Waals surface area contributed by atoms with Gasteiger partial charge in [-0.2, -0.15) is 13.2 Å². The van der Waals surface area contributed by atoms with Crippen molar-refractivity contribution < 1.29 is 22.7 Å². The van der Waals surface area contributed by atoms with Crippen molar-refractivity contribution in [3.63, 3.8) is 0 Å². The number of alkyl halides is 3. The highest BCUT2D eigenvalue weighted by atomic mass is 19.4. The van der Waals surface area contributed by atoms with Gasteiger partial charge in [0.2, 0.25) is 5.91 Å². The van der Waals surface area contributed by atoms with Crippen LogP contribution in [0.1, 0.15) is 25.8 Å². The molecule has 3 N–H and O–H groups in total. The molecule has 4 nitrogen and oxygen atoms in total. The molecule has 0 radical (unpaired) electrons. The van der Waals surface area contributed by atoms with Gasteiger partial charge in [-0.05, 0) is 30.5 Å². The van der Waals surface area contributed by atoms with E-state index in [2.05, 4.69) is 5.32 Å². The van der Waals surface area contributed by atoms with Crippen molar-refractivity contribution in [2.24, 2.45) is 5.92 Å². The van der Waals surface area contributed by atoms with Crippen LogP contribution in [0.15, 0.2) is 18.2 Å². The molecule has 0 bridgehead atoms. The molecule has 118 valence electrons. The zero-order valence-electron chi connectivity index (χ0n) is 12.0. The second-order valence-corrected chi connectivity index (χ2v) is 5.08. The Bertz CT molecular complexity index is 488. The summed E-state index contributed by atoms with van der Waals surface area (Å²) in [7, 11) is 0. The second kappa shape index (κ2) is 7.31. The van der Waals surface area contributed by atoms with Crippen molar-refractivity contribution in [2.45, 2.75) is 26.4 Å². The number of halogens is 3. The quantitative estimate of drug-likeness (QED) is 0.626. The number of nitrogens with two attached hydrogens (primary N) is 1. The molecular weight excluding hydrogens is 285 g/mol. The smallest absolute Gasteiger partial charge is 0.397 e. The molecule has 0 atom stereocenters. The third kappa shape index (κ3) is 6.03. The number of carbonyl (C=O) groups excluding carboxylic acids is 1. The van der Waals surface area contributed by atoms with E-state index in [0.29, 0.717) is 12.5 Å². The van der Waals surface area contributed by atoms with Gasteiger partial charge in [-0.15, -0.1) is 0 Å². The Labute approximate surface area is 121 Å². The molecular formula is C14H19F3N2O2. The summed E-state index contributed by atoms with van der Waals surface area (Å²) in [6.45, 7) is 4.36. The Balaban J connectivity index is 2.53. The lowest BCUT2D eigenvalue weighted by Gasteiger charge is -2.12. The summed E-state index contributed by atoms with van der Waals surface area (Å²) in [5.74, 6) is 0.0174. The van der Waals surface area contributed by atoms with E-state index in [1.54, 1.807) is 0 Å². The molecule has 0 fully saturated rings. The largest absolute Gasteiger partial charge is 0.416 e. The van der Waals surface area contributed by atoms with Crippen molar-refractivity contribution in [2.75, 3.05) is 24.3 Å². The van der Waals surface area contributed by atoms with Crippen LogP contribution in [0.5, 0.6) is 0 Å². The summed E-state index contributed by atoms with van der Waals surface area (Å²) in [5, 5.41) is 2.42. The number of nitrogen functional groups attached to an aromatic ring is 1. The number of hydrogen-bond donors (Lipinski definition) is 2. The topological polar surface area (TPSA) is 64.3 Å². The molecule has 7 heteroatoms. The molecule has 0 aromatic heterocycles. The first-order chi connectivity index (χ1) is 9.70. The molecule has 1 aromatic carbocycles. The highest BCUT2D eigenvalue weighted by Gasteiger charge is 2.30. The highest BCUT2D eigenvalue weighted by molar-refractivity contribution is 5.94. The predicted molar refractivity (Wildman–Crippen MR) is 74.8 cm³/mol. The number of ether oxygens (including phenoxy) is 1. The standard InChI is InChI=1S/C14H19F3N2O2/c1-9(2)5-6-21-8-13(20)19-12-4-3-10(7-11(12)18)14(15,16)17/h3-4,7,9H,5-6,8,18H2,1-2H3,(H,19,20). The first-order valence-corrected chi connectivity index (χ1v) is 6.54. The van der Waals surface area contributed by atoms with Gasteiger partial charge in [0.05, 0.1) is 16.9 Å². The van der Waals surface area contributed by atoms with Crippen molar-refractivity contribution in [1.29, 1.82) is 0 Å². The molecule has 0 unspecified atom stereocenters. The van der Waals surface area contributed by atoms with Gasteiger partial charge in [-0.3, -0.25) is 4.79 Å². The Morgan fingerprint density at radius 3 is 2.57 bits per heavy atom. The summed E-state index contributed by atoms with van der Waals surface area (Å²) >= 11 is 0. The first kappa shape index (κ1) is 17.3. The van der Waals surface area contributed by atoms with Crippen molar-refractivity contribution in [3.8, 4) is 0 Å². The SMILES string of the molecule is CC(C)CCOCC(=O)Nc1ccc(C(F)(F)F)cc1N. The highest BCUT2D eigenvalue weighted by Crippen LogP contribution is 2.32. The fraction of sp³-hybridized carbons (Fsp3) is 0.500. The summed E-state index contributed by atoms with van der Waals surface area (Å²) in [4.78, 5) is 11.6. The molecule has 1 aromatic rings. The van der Waals surface area contributed by atoms with E-state index >= 15 is 0 Å². The normalized spacial score (nSPS) is 11.7. The van der Waals surface area contributed by atoms with Crippen LogP contribution < -0.4 is 11.1 Å². The average molecular weight is 304 g/mol. The number of nitrogens with one attached hydrogen (secondary N) is 1. The van der Waals surface area contributed by atoms with E-state index in [0.717, 1.165) is 24.6 Å². The Kier molecular flexibility index (Phi) is 6.02. The Morgan fingerprint density at radius 2 is 2.05 bits per heavy atom. The fourth-order valence-corrected chi connectivity index (χ4v) is 1.52. The number of benzene rings is 1. The second-order valence-electron chi connectivity index (χ2n) is 5.08. The number of rotatable bonds is 6. The average Bonchev–Trinajstić information content (AvgIpc) is 2.35. The monoisotopic (exact) mass is 304 g/mol. The molecule has 1 rings (SSSR count). The lowest BCUT2D eigenvalue weighted by molar-refractivity contribution is -0.137. The molecule has 0 aliphatic heterocycles. The van der Waals surface area contributed by atoms with Gasteiger partial charge >= 0.3 is 6.18 Å². The van der Waals surface area contributed by atoms with E-state index in [1.165, 1.54) is 0 Å². The van der Waals surface area contributed by atoms with Crippen LogP contribution in [0.2, 0.25) is 0 Å². The minimum Gasteiger partial charge on any atom is -0.397 e. The maximum absolute atomic E-state index is 12.5. The number of amides is 1. The Morgan fingerprint density at radius 1 is 1.38 bits per heavy atom. The lowest BCUT2D eigenvalue weighted by atomic mass is 10.1. The van der Waals surface area contributed by atoms with Gasteiger partial charge in [0, 0.05) is 6.61 Å². The van der Waals surface area contributed by atoms with Crippen molar-refractivity contribution >= 4 is 17.3 Å². The predicted octanol–water partition coefficient (Wildman–Crippen LogP) is 3.29. The Hall–Kier alpha value is -1.76. The number of anilines is 2. The van der Waals surface area contributed by atoms with Crippen LogP contribution in [0.4, 0.5) is 24.5 Å². The van der Waals surface area contributed by atoms with Gasteiger partial charge in [0.1, 0.15) is 6.61 Å². The molecule has 0 heterocycles. The molecule has 21 heavy (non-hydrogen) atoms. The van der Waals surface area contributed by atoms with Gasteiger partial charge in [0.25, 0.3) is 0 Å². The zero-order chi connectivity index (χ0) is 16.0. The molecule has 0 aliphatic rings. The van der Waals surface area contributed by atoms with Crippen molar-refractivity contribution in [3.05, 3.63) is 23.8 Å². The zero-order valence-corrected chi connectivity index (χ0v) is 12.0. The summed E-state index contributed by atoms with van der Waals surface area (Å²) in [6, 6.07) is 2.78. The van der Waals surface area contributed by atoms with Gasteiger partial charge in [0.15, 0.2) is 0 Å². The maximum atomic E-state index is 12.5. The number of hydrogen-bond acceptors (Lipinski definition) is 3. The van der Waals surface area contributed by atoms with Crippen LogP contribution >= 0.6 is 0 Å². The van der Waals surface area contributed by atoms with Crippen LogP contribution in [0.25, 0.3) is 0 Å². The van der Waals surface area contributed by atoms with Gasteiger partial charge < -0.3 is 15.8 Å². The molecule has 0 saturated carbocycles. The van der Waals surface area contributed by atoms with Gasteiger partial charge in [-0.25, -0.2) is 0 Å². The van der Waals surface area contributed by atoms with E-state index in [-0.39, 0.29) is 18.0 Å². The first-order valence-electron chi connectivity index (χ1n) is 6.54. The summed E-state index contributed by atoms with van der Waals surface area (Å²) in [6.07, 6.45) is -3.63. The molecule has 1 amide bonds. The van der Waals surface area contributed by atoms with Crippen LogP contribution in [-0.2, 0) is 15.7 Å². The molecule has 0 saturated heterocycles. The minimum atomic E-state index is -4.46.